The third kappa shape index (κ3) is 8.64. The summed E-state index contributed by atoms with van der Waals surface area (Å²) < 4.78 is 43.9. The Morgan fingerprint density at radius 3 is 2.67 bits per heavy atom. The molecule has 0 saturated carbocycles. The number of hydrogen-bond acceptors (Lipinski definition) is 3. The summed E-state index contributed by atoms with van der Waals surface area (Å²) in [6.07, 6.45) is -2.08. The molecule has 0 unspecified atom stereocenters. The predicted octanol–water partition coefficient (Wildman–Crippen LogP) is 3.11. The number of alkyl halides is 3. The number of aliphatic imine (C=N–C) groups is 1. The molecule has 0 bridgehead atoms. The Bertz CT molecular complexity index is 745. The van der Waals surface area contributed by atoms with E-state index in [4.69, 9.17) is 4.74 Å². The minimum Gasteiger partial charge on any atom is -0.377 e. The quantitative estimate of drug-likeness (QED) is 0.419. The summed E-state index contributed by atoms with van der Waals surface area (Å²) in [6, 6.07) is 5.35. The van der Waals surface area contributed by atoms with Gasteiger partial charge in [0, 0.05) is 38.3 Å². The molecule has 0 radical (unpaired) electrons. The van der Waals surface area contributed by atoms with Crippen molar-refractivity contribution in [3.63, 3.8) is 0 Å². The maximum Gasteiger partial charge on any atom is 0.416 e. The molecule has 30 heavy (non-hydrogen) atoms. The number of halogens is 3. The summed E-state index contributed by atoms with van der Waals surface area (Å²) in [5.74, 6) is 6.26. The van der Waals surface area contributed by atoms with E-state index >= 15 is 0 Å². The fourth-order valence-electron chi connectivity index (χ4n) is 3.15. The lowest BCUT2D eigenvalue weighted by Gasteiger charge is -2.33. The first-order valence-corrected chi connectivity index (χ1v) is 10.2. The molecule has 1 aliphatic rings. The van der Waals surface area contributed by atoms with Crippen LogP contribution in [-0.4, -0.2) is 62.8 Å². The molecule has 0 atom stereocenters. The van der Waals surface area contributed by atoms with E-state index < -0.39 is 11.7 Å². The Hall–Kier alpha value is -2.24. The maximum atomic E-state index is 12.8. The van der Waals surface area contributed by atoms with E-state index in [9.17, 15) is 13.2 Å². The first-order chi connectivity index (χ1) is 14.3. The van der Waals surface area contributed by atoms with Crippen molar-refractivity contribution >= 4 is 5.96 Å². The van der Waals surface area contributed by atoms with Crippen molar-refractivity contribution in [1.29, 1.82) is 0 Å². The van der Waals surface area contributed by atoms with Gasteiger partial charge in [0.1, 0.15) is 0 Å². The number of rotatable bonds is 6. The van der Waals surface area contributed by atoms with E-state index in [-0.39, 0.29) is 6.10 Å². The van der Waals surface area contributed by atoms with Gasteiger partial charge in [-0.25, -0.2) is 0 Å². The van der Waals surface area contributed by atoms with Crippen molar-refractivity contribution in [3.8, 4) is 11.8 Å². The Balaban J connectivity index is 1.73. The third-order valence-electron chi connectivity index (χ3n) is 4.78. The normalized spacial score (nSPS) is 16.3. The molecule has 1 saturated heterocycles. The second-order valence-corrected chi connectivity index (χ2v) is 7.49. The third-order valence-corrected chi connectivity index (χ3v) is 4.78. The van der Waals surface area contributed by atoms with Gasteiger partial charge in [0.15, 0.2) is 5.96 Å². The van der Waals surface area contributed by atoms with Crippen molar-refractivity contribution in [2.75, 3.05) is 39.8 Å². The summed E-state index contributed by atoms with van der Waals surface area (Å²) in [5.41, 5.74) is -0.356. The molecule has 0 spiro atoms. The highest BCUT2D eigenvalue weighted by Gasteiger charge is 2.30. The van der Waals surface area contributed by atoms with Crippen LogP contribution in [0.25, 0.3) is 0 Å². The molecular formula is C22H31F3N4O. The van der Waals surface area contributed by atoms with Crippen molar-refractivity contribution in [3.05, 3.63) is 35.4 Å². The highest BCUT2D eigenvalue weighted by atomic mass is 19.4. The van der Waals surface area contributed by atoms with Gasteiger partial charge < -0.3 is 20.3 Å². The predicted molar refractivity (Wildman–Crippen MR) is 113 cm³/mol. The van der Waals surface area contributed by atoms with Gasteiger partial charge in [-0.1, -0.05) is 17.9 Å². The molecule has 2 rings (SSSR count). The summed E-state index contributed by atoms with van der Waals surface area (Å²) in [5, 5.41) is 6.49. The monoisotopic (exact) mass is 424 g/mol. The van der Waals surface area contributed by atoms with Gasteiger partial charge in [0.25, 0.3) is 0 Å². The number of ether oxygens (including phenoxy) is 1. The average molecular weight is 425 g/mol. The molecule has 166 valence electrons. The van der Waals surface area contributed by atoms with E-state index in [1.54, 1.807) is 13.1 Å². The first-order valence-electron chi connectivity index (χ1n) is 10.2. The minimum absolute atomic E-state index is 0.260. The second kappa shape index (κ2) is 11.8. The number of nitrogens with zero attached hydrogens (tertiary/aromatic N) is 2. The Morgan fingerprint density at radius 1 is 1.30 bits per heavy atom. The smallest absolute Gasteiger partial charge is 0.377 e. The number of guanidine groups is 1. The lowest BCUT2D eigenvalue weighted by molar-refractivity contribution is -0.137. The number of benzene rings is 1. The van der Waals surface area contributed by atoms with Crippen LogP contribution in [0.1, 0.15) is 37.8 Å². The van der Waals surface area contributed by atoms with E-state index in [0.717, 1.165) is 51.2 Å². The zero-order valence-electron chi connectivity index (χ0n) is 17.9. The van der Waals surface area contributed by atoms with Gasteiger partial charge in [-0.15, -0.1) is 0 Å². The van der Waals surface area contributed by atoms with Crippen LogP contribution < -0.4 is 10.6 Å². The Labute approximate surface area is 177 Å². The zero-order chi connectivity index (χ0) is 22.0. The first kappa shape index (κ1) is 24.0. The number of likely N-dealkylation sites (tertiary alicyclic amines) is 1. The van der Waals surface area contributed by atoms with Crippen LogP contribution in [0.4, 0.5) is 13.2 Å². The lowest BCUT2D eigenvalue weighted by Crippen LogP contribution is -2.49. The molecule has 1 fully saturated rings. The molecule has 5 nitrogen and oxygen atoms in total. The van der Waals surface area contributed by atoms with Gasteiger partial charge in [-0.05, 0) is 44.9 Å². The zero-order valence-corrected chi connectivity index (χ0v) is 17.9. The summed E-state index contributed by atoms with van der Waals surface area (Å²) in [6.45, 7) is 8.09. The van der Waals surface area contributed by atoms with Crippen molar-refractivity contribution < 1.29 is 17.9 Å². The van der Waals surface area contributed by atoms with Crippen LogP contribution in [-0.2, 0) is 10.9 Å². The molecule has 1 aromatic rings. The van der Waals surface area contributed by atoms with Gasteiger partial charge in [0.2, 0.25) is 0 Å². The number of piperidine rings is 1. The fraction of sp³-hybridized carbons (Fsp3) is 0.591. The number of hydrogen-bond donors (Lipinski definition) is 2. The minimum atomic E-state index is -4.36. The average Bonchev–Trinajstić information content (AvgIpc) is 2.71. The van der Waals surface area contributed by atoms with Gasteiger partial charge in [-0.2, -0.15) is 13.2 Å². The van der Waals surface area contributed by atoms with E-state index in [1.165, 1.54) is 6.07 Å². The molecule has 0 aliphatic carbocycles. The van der Waals surface area contributed by atoms with Crippen molar-refractivity contribution in [1.82, 2.24) is 15.5 Å². The highest BCUT2D eigenvalue weighted by molar-refractivity contribution is 5.80. The Morgan fingerprint density at radius 2 is 2.03 bits per heavy atom. The topological polar surface area (TPSA) is 48.9 Å². The lowest BCUT2D eigenvalue weighted by atomic mass is 10.1. The van der Waals surface area contributed by atoms with Crippen LogP contribution in [0.2, 0.25) is 0 Å². The van der Waals surface area contributed by atoms with Crippen LogP contribution in [0.15, 0.2) is 29.3 Å². The van der Waals surface area contributed by atoms with E-state index in [2.05, 4.69) is 32.4 Å². The maximum absolute atomic E-state index is 12.8. The van der Waals surface area contributed by atoms with Crippen molar-refractivity contribution in [2.24, 2.45) is 4.99 Å². The standard InChI is InChI=1S/C22H31F3N4O/c1-17(2)30-15-14-29-12-9-20(10-13-29)28-21(26-3)27-11-5-7-18-6-4-8-19(16-18)22(23,24)25/h4,6,8,16-17,20H,9-15H2,1-3H3,(H2,26,27,28). The van der Waals surface area contributed by atoms with Gasteiger partial charge in [-0.3, -0.25) is 4.99 Å². The molecule has 0 aromatic heterocycles. The molecule has 8 heteroatoms. The van der Waals surface area contributed by atoms with Crippen LogP contribution in [0, 0.1) is 11.8 Å². The van der Waals surface area contributed by atoms with Gasteiger partial charge in [0.05, 0.1) is 24.8 Å². The second-order valence-electron chi connectivity index (χ2n) is 7.49. The Kier molecular flexibility index (Phi) is 9.47. The summed E-state index contributed by atoms with van der Waals surface area (Å²) in [7, 11) is 1.69. The SMILES string of the molecule is CN=C(NCC#Cc1cccc(C(F)(F)F)c1)NC1CCN(CCOC(C)C)CC1. The molecule has 1 heterocycles. The summed E-state index contributed by atoms with van der Waals surface area (Å²) in [4.78, 5) is 6.61. The fourth-order valence-corrected chi connectivity index (χ4v) is 3.15. The van der Waals surface area contributed by atoms with E-state index in [0.29, 0.717) is 24.1 Å². The van der Waals surface area contributed by atoms with Gasteiger partial charge >= 0.3 is 6.18 Å². The largest absolute Gasteiger partial charge is 0.416 e. The van der Waals surface area contributed by atoms with E-state index in [1.807, 2.05) is 13.8 Å². The number of nitrogens with one attached hydrogen (secondary N) is 2. The van der Waals surface area contributed by atoms with Crippen LogP contribution in [0.3, 0.4) is 0 Å². The summed E-state index contributed by atoms with van der Waals surface area (Å²) >= 11 is 0. The molecule has 1 aliphatic heterocycles. The highest BCUT2D eigenvalue weighted by Crippen LogP contribution is 2.29. The molecular weight excluding hydrogens is 393 g/mol. The molecule has 2 N–H and O–H groups in total. The van der Waals surface area contributed by atoms with Crippen molar-refractivity contribution in [2.45, 2.75) is 45.0 Å². The molecule has 1 aromatic carbocycles. The molecule has 0 amide bonds. The van der Waals surface area contributed by atoms with Crippen LogP contribution in [0.5, 0.6) is 0 Å². The van der Waals surface area contributed by atoms with Crippen LogP contribution >= 0.6 is 0 Å².